The van der Waals surface area contributed by atoms with Gasteiger partial charge >= 0.3 is 0 Å². The summed E-state index contributed by atoms with van der Waals surface area (Å²) in [4.78, 5) is 17.2. The molecule has 2 aromatic carbocycles. The fourth-order valence-corrected chi connectivity index (χ4v) is 4.31. The largest absolute Gasteiger partial charge is 0.454 e. The number of fused-ring (bicyclic) bond motifs is 1. The Labute approximate surface area is 178 Å². The summed E-state index contributed by atoms with van der Waals surface area (Å²) < 4.78 is 47.3. The summed E-state index contributed by atoms with van der Waals surface area (Å²) in [5, 5.41) is 0. The number of hydrogen-bond acceptors (Lipinski definition) is 4. The SMILES string of the molecule is CCS(C)(O)c1ccc(Oc2ccc(F)cc2F)c(-c2cn(C)c(=O)c3cncn23)c1. The number of hydrogen-bond donors (Lipinski definition) is 1. The third kappa shape index (κ3) is 3.82. The van der Waals surface area contributed by atoms with Crippen molar-refractivity contribution in [1.82, 2.24) is 14.0 Å². The molecule has 0 aliphatic rings. The highest BCUT2D eigenvalue weighted by Gasteiger charge is 2.21. The monoisotopic (exact) mass is 445 g/mol. The predicted molar refractivity (Wildman–Crippen MR) is 117 cm³/mol. The molecule has 6 nitrogen and oxygen atoms in total. The second-order valence-corrected chi connectivity index (χ2v) is 10.4. The summed E-state index contributed by atoms with van der Waals surface area (Å²) in [6.45, 7) is 1.90. The van der Waals surface area contributed by atoms with E-state index in [-0.39, 0.29) is 17.1 Å². The van der Waals surface area contributed by atoms with E-state index in [1.807, 2.05) is 6.92 Å². The lowest BCUT2D eigenvalue weighted by Gasteiger charge is -2.29. The van der Waals surface area contributed by atoms with Crippen LogP contribution in [-0.4, -0.2) is 30.5 Å². The lowest BCUT2D eigenvalue weighted by atomic mass is 10.1. The fourth-order valence-electron chi connectivity index (χ4n) is 3.24. The molecule has 0 radical (unpaired) electrons. The molecule has 0 saturated heterocycles. The van der Waals surface area contributed by atoms with E-state index in [0.717, 1.165) is 12.1 Å². The van der Waals surface area contributed by atoms with Gasteiger partial charge in [0.15, 0.2) is 11.6 Å². The van der Waals surface area contributed by atoms with Gasteiger partial charge in [-0.3, -0.25) is 9.20 Å². The molecule has 0 aliphatic heterocycles. The molecular weight excluding hydrogens is 424 g/mol. The molecule has 0 bridgehead atoms. The Morgan fingerprint density at radius 2 is 1.90 bits per heavy atom. The molecule has 0 saturated carbocycles. The average molecular weight is 445 g/mol. The van der Waals surface area contributed by atoms with Crippen LogP contribution in [0.4, 0.5) is 8.78 Å². The van der Waals surface area contributed by atoms with Crippen LogP contribution in [0.3, 0.4) is 0 Å². The van der Waals surface area contributed by atoms with Gasteiger partial charge in [-0.2, -0.15) is 0 Å². The molecule has 162 valence electrons. The van der Waals surface area contributed by atoms with Crippen molar-refractivity contribution in [2.75, 3.05) is 12.0 Å². The van der Waals surface area contributed by atoms with E-state index >= 15 is 0 Å². The van der Waals surface area contributed by atoms with Crippen molar-refractivity contribution in [2.45, 2.75) is 11.8 Å². The second kappa shape index (κ2) is 7.82. The van der Waals surface area contributed by atoms with Crippen molar-refractivity contribution in [3.05, 3.63) is 77.1 Å². The van der Waals surface area contributed by atoms with Crippen LogP contribution in [0.5, 0.6) is 11.5 Å². The number of imidazole rings is 1. The molecule has 2 aromatic heterocycles. The molecule has 0 aliphatic carbocycles. The maximum absolute atomic E-state index is 14.3. The van der Waals surface area contributed by atoms with Gasteiger partial charge in [0, 0.05) is 29.8 Å². The third-order valence-corrected chi connectivity index (χ3v) is 7.56. The number of ether oxygens (including phenoxy) is 1. The molecule has 0 spiro atoms. The molecule has 0 fully saturated rings. The van der Waals surface area contributed by atoms with Crippen LogP contribution in [0.15, 0.2) is 64.8 Å². The maximum Gasteiger partial charge on any atom is 0.276 e. The van der Waals surface area contributed by atoms with Crippen molar-refractivity contribution < 1.29 is 18.1 Å². The third-order valence-electron chi connectivity index (χ3n) is 5.16. The summed E-state index contributed by atoms with van der Waals surface area (Å²) in [6, 6.07) is 8.21. The first-order chi connectivity index (χ1) is 14.7. The number of nitrogens with zero attached hydrogens (tertiary/aromatic N) is 3. The molecule has 1 unspecified atom stereocenters. The molecular formula is C22H21F2N3O3S. The van der Waals surface area contributed by atoms with Gasteiger partial charge in [0.2, 0.25) is 0 Å². The predicted octanol–water partition coefficient (Wildman–Crippen LogP) is 5.06. The minimum atomic E-state index is -2.06. The van der Waals surface area contributed by atoms with Crippen LogP contribution in [0.2, 0.25) is 0 Å². The van der Waals surface area contributed by atoms with Gasteiger partial charge in [-0.15, -0.1) is 10.3 Å². The zero-order valence-corrected chi connectivity index (χ0v) is 18.0. The van der Waals surface area contributed by atoms with Gasteiger partial charge in [0.25, 0.3) is 5.56 Å². The topological polar surface area (TPSA) is 68.8 Å². The quantitative estimate of drug-likeness (QED) is 0.466. The highest BCUT2D eigenvalue weighted by atomic mass is 32.3. The first-order valence-corrected chi connectivity index (χ1v) is 11.7. The summed E-state index contributed by atoms with van der Waals surface area (Å²) >= 11 is 0. The van der Waals surface area contributed by atoms with Gasteiger partial charge < -0.3 is 13.9 Å². The van der Waals surface area contributed by atoms with E-state index in [1.54, 1.807) is 42.1 Å². The van der Waals surface area contributed by atoms with Crippen LogP contribution in [-0.2, 0) is 7.05 Å². The normalized spacial score (nSPS) is 14.4. The van der Waals surface area contributed by atoms with Gasteiger partial charge in [-0.1, -0.05) is 6.92 Å². The summed E-state index contributed by atoms with van der Waals surface area (Å²) in [5.74, 6) is -0.853. The Morgan fingerprint density at radius 3 is 2.61 bits per heavy atom. The van der Waals surface area contributed by atoms with E-state index in [4.69, 9.17) is 4.74 Å². The van der Waals surface area contributed by atoms with Crippen molar-refractivity contribution in [3.63, 3.8) is 0 Å². The minimum Gasteiger partial charge on any atom is -0.454 e. The van der Waals surface area contributed by atoms with Crippen LogP contribution >= 0.6 is 10.3 Å². The number of aromatic nitrogens is 3. The van der Waals surface area contributed by atoms with E-state index in [2.05, 4.69) is 4.98 Å². The molecule has 4 rings (SSSR count). The minimum absolute atomic E-state index is 0.142. The Balaban J connectivity index is 1.96. The molecule has 1 atom stereocenters. The Hall–Kier alpha value is -3.17. The Kier molecular flexibility index (Phi) is 5.32. The highest BCUT2D eigenvalue weighted by molar-refractivity contribution is 8.28. The number of aryl methyl sites for hydroxylation is 1. The van der Waals surface area contributed by atoms with Crippen LogP contribution in [0.1, 0.15) is 6.92 Å². The molecule has 2 heterocycles. The lowest BCUT2D eigenvalue weighted by molar-refractivity contribution is 0.438. The zero-order chi connectivity index (χ0) is 22.3. The highest BCUT2D eigenvalue weighted by Crippen LogP contribution is 2.50. The van der Waals surface area contributed by atoms with E-state index in [1.165, 1.54) is 23.2 Å². The number of benzene rings is 2. The van der Waals surface area contributed by atoms with Crippen molar-refractivity contribution in [3.8, 4) is 22.8 Å². The Morgan fingerprint density at radius 1 is 1.16 bits per heavy atom. The van der Waals surface area contributed by atoms with Crippen molar-refractivity contribution in [2.24, 2.45) is 7.05 Å². The van der Waals surface area contributed by atoms with Gasteiger partial charge in [0.05, 0.1) is 18.2 Å². The van der Waals surface area contributed by atoms with Crippen LogP contribution in [0.25, 0.3) is 16.8 Å². The summed E-state index contributed by atoms with van der Waals surface area (Å²) in [6.07, 6.45) is 6.37. The van der Waals surface area contributed by atoms with E-state index < -0.39 is 21.9 Å². The molecule has 9 heteroatoms. The number of rotatable bonds is 5. The smallest absolute Gasteiger partial charge is 0.276 e. The second-order valence-electron chi connectivity index (χ2n) is 7.24. The summed E-state index contributed by atoms with van der Waals surface area (Å²) in [5.41, 5.74) is 1.23. The molecule has 1 N–H and O–H groups in total. The van der Waals surface area contributed by atoms with Gasteiger partial charge in [-0.05, 0) is 42.3 Å². The fraction of sp³-hybridized carbons (Fsp3) is 0.182. The number of halogens is 2. The van der Waals surface area contributed by atoms with Crippen LogP contribution < -0.4 is 10.3 Å². The van der Waals surface area contributed by atoms with Gasteiger partial charge in [-0.25, -0.2) is 13.8 Å². The lowest BCUT2D eigenvalue weighted by Crippen LogP contribution is -2.19. The van der Waals surface area contributed by atoms with Crippen molar-refractivity contribution in [1.29, 1.82) is 0 Å². The molecule has 0 amide bonds. The van der Waals surface area contributed by atoms with Crippen molar-refractivity contribution >= 4 is 15.8 Å². The Bertz CT molecular complexity index is 1350. The molecule has 31 heavy (non-hydrogen) atoms. The van der Waals surface area contributed by atoms with E-state index in [9.17, 15) is 18.1 Å². The average Bonchev–Trinajstić information content (AvgIpc) is 3.23. The van der Waals surface area contributed by atoms with Gasteiger partial charge in [0.1, 0.15) is 17.1 Å². The van der Waals surface area contributed by atoms with E-state index in [0.29, 0.717) is 27.4 Å². The molecule has 4 aromatic rings. The first-order valence-electron chi connectivity index (χ1n) is 9.49. The first kappa shape index (κ1) is 21.1. The standard InChI is InChI=1S/C22H21F2N3O3S/c1-4-31(3,29)15-6-8-20(30-21-7-5-14(23)9-17(21)24)16(10-15)19-12-26(2)22(28)18-11-25-13-27(18)19/h5-13,29H,4H2,1-3H3. The van der Waals surface area contributed by atoms with Crippen LogP contribution in [0, 0.1) is 11.6 Å². The summed E-state index contributed by atoms with van der Waals surface area (Å²) in [7, 11) is -0.442. The maximum atomic E-state index is 14.3. The zero-order valence-electron chi connectivity index (χ0n) is 17.2.